The van der Waals surface area contributed by atoms with Crippen LogP contribution in [0.25, 0.3) is 0 Å². The summed E-state index contributed by atoms with van der Waals surface area (Å²) >= 11 is 11.6. The smallest absolute Gasteiger partial charge is 0.264 e. The number of halogens is 2. The number of carbonyl (C=O) groups is 1. The van der Waals surface area contributed by atoms with Gasteiger partial charge in [-0.2, -0.15) is 5.10 Å². The van der Waals surface area contributed by atoms with E-state index in [-0.39, 0.29) is 11.4 Å². The molecule has 2 aromatic rings. The molecule has 0 radical (unpaired) electrons. The number of carbonyl (C=O) groups excluding carboxylic acids is 1. The van der Waals surface area contributed by atoms with Crippen LogP contribution < -0.4 is 10.9 Å². The van der Waals surface area contributed by atoms with E-state index in [0.29, 0.717) is 15.6 Å². The molecular formula is C11H7Cl2N3O2. The Labute approximate surface area is 112 Å². The predicted octanol–water partition coefficient (Wildman–Crippen LogP) is 2.33. The van der Waals surface area contributed by atoms with Gasteiger partial charge in [-0.15, -0.1) is 0 Å². The molecule has 0 atom stereocenters. The highest BCUT2D eigenvalue weighted by Gasteiger charge is 2.08. The lowest BCUT2D eigenvalue weighted by atomic mass is 10.2. The maximum Gasteiger partial charge on any atom is 0.264 e. The zero-order valence-electron chi connectivity index (χ0n) is 8.91. The van der Waals surface area contributed by atoms with Crippen LogP contribution in [0.5, 0.6) is 0 Å². The van der Waals surface area contributed by atoms with Crippen LogP contribution in [0, 0.1) is 0 Å². The second kappa shape index (κ2) is 5.20. The third kappa shape index (κ3) is 2.88. The number of nitrogens with one attached hydrogen (secondary N) is 2. The highest BCUT2D eigenvalue weighted by atomic mass is 35.5. The molecule has 0 aliphatic heterocycles. The Hall–Kier alpha value is -1.85. The topological polar surface area (TPSA) is 74.8 Å². The molecule has 18 heavy (non-hydrogen) atoms. The Bertz CT molecular complexity index is 634. The number of aromatic amines is 1. The third-order valence-electron chi connectivity index (χ3n) is 2.10. The van der Waals surface area contributed by atoms with Crippen molar-refractivity contribution in [3.05, 3.63) is 56.3 Å². The lowest BCUT2D eigenvalue weighted by Crippen LogP contribution is -2.15. The molecule has 7 heteroatoms. The van der Waals surface area contributed by atoms with Gasteiger partial charge in [-0.05, 0) is 24.3 Å². The van der Waals surface area contributed by atoms with E-state index in [1.165, 1.54) is 30.3 Å². The molecule has 0 aliphatic rings. The fraction of sp³-hybridized carbons (Fsp3) is 0. The number of H-pyrrole nitrogens is 1. The first-order chi connectivity index (χ1) is 8.56. The number of rotatable bonds is 2. The van der Waals surface area contributed by atoms with Crippen LogP contribution in [0.3, 0.4) is 0 Å². The molecule has 0 spiro atoms. The molecule has 0 fully saturated rings. The third-order valence-corrected chi connectivity index (χ3v) is 2.84. The molecule has 1 aromatic carbocycles. The first-order valence-electron chi connectivity index (χ1n) is 4.88. The van der Waals surface area contributed by atoms with E-state index in [2.05, 4.69) is 15.5 Å². The molecule has 0 saturated heterocycles. The normalized spacial score (nSPS) is 10.1. The average Bonchev–Trinajstić information content (AvgIpc) is 2.35. The van der Waals surface area contributed by atoms with Crippen molar-refractivity contribution in [2.24, 2.45) is 0 Å². The van der Waals surface area contributed by atoms with Gasteiger partial charge in [0.2, 0.25) is 0 Å². The fourth-order valence-electron chi connectivity index (χ4n) is 1.24. The van der Waals surface area contributed by atoms with Crippen molar-refractivity contribution in [1.29, 1.82) is 0 Å². The van der Waals surface area contributed by atoms with Gasteiger partial charge in [-0.3, -0.25) is 9.59 Å². The van der Waals surface area contributed by atoms with Gasteiger partial charge < -0.3 is 5.32 Å². The Balaban J connectivity index is 2.19. The maximum atomic E-state index is 11.8. The highest BCUT2D eigenvalue weighted by molar-refractivity contribution is 6.42. The van der Waals surface area contributed by atoms with Crippen LogP contribution >= 0.6 is 23.2 Å². The van der Waals surface area contributed by atoms with E-state index in [9.17, 15) is 9.59 Å². The minimum absolute atomic E-state index is 0.241. The van der Waals surface area contributed by atoms with Crippen molar-refractivity contribution < 1.29 is 4.79 Å². The molecule has 0 aliphatic carbocycles. The number of anilines is 1. The standard InChI is InChI=1S/C11H7Cl2N3O2/c12-7-2-1-6(5-8(7)13)11(18)14-9-3-4-10(17)16-15-9/h1-5H,(H,16,17)(H,14,15,18). The van der Waals surface area contributed by atoms with Crippen LogP contribution in [0.4, 0.5) is 5.82 Å². The molecular weight excluding hydrogens is 277 g/mol. The second-order valence-electron chi connectivity index (χ2n) is 3.39. The first-order valence-corrected chi connectivity index (χ1v) is 5.64. The van der Waals surface area contributed by atoms with Gasteiger partial charge in [0.05, 0.1) is 10.0 Å². The summed E-state index contributed by atoms with van der Waals surface area (Å²) < 4.78 is 0. The number of hydrogen-bond acceptors (Lipinski definition) is 3. The van der Waals surface area contributed by atoms with Crippen LogP contribution in [0.15, 0.2) is 35.1 Å². The Kier molecular flexibility index (Phi) is 3.64. The lowest BCUT2D eigenvalue weighted by Gasteiger charge is -2.04. The van der Waals surface area contributed by atoms with Crippen LogP contribution in [-0.2, 0) is 0 Å². The zero-order chi connectivity index (χ0) is 13.1. The molecule has 0 unspecified atom stereocenters. The van der Waals surface area contributed by atoms with Crippen molar-refractivity contribution in [1.82, 2.24) is 10.2 Å². The minimum atomic E-state index is -0.395. The Morgan fingerprint density at radius 1 is 1.17 bits per heavy atom. The Morgan fingerprint density at radius 2 is 1.94 bits per heavy atom. The van der Waals surface area contributed by atoms with Crippen molar-refractivity contribution >= 4 is 34.9 Å². The number of amides is 1. The molecule has 92 valence electrons. The van der Waals surface area contributed by atoms with Gasteiger partial charge in [-0.1, -0.05) is 23.2 Å². The van der Waals surface area contributed by atoms with Crippen LogP contribution in [0.2, 0.25) is 10.0 Å². The summed E-state index contributed by atoms with van der Waals surface area (Å²) in [6.45, 7) is 0. The van der Waals surface area contributed by atoms with Gasteiger partial charge in [0.15, 0.2) is 5.82 Å². The lowest BCUT2D eigenvalue weighted by molar-refractivity contribution is 0.102. The van der Waals surface area contributed by atoms with Crippen LogP contribution in [0.1, 0.15) is 10.4 Å². The summed E-state index contributed by atoms with van der Waals surface area (Å²) in [4.78, 5) is 22.6. The summed E-state index contributed by atoms with van der Waals surface area (Å²) in [5.41, 5.74) is -0.0000589. The monoisotopic (exact) mass is 283 g/mol. The molecule has 2 rings (SSSR count). The number of hydrogen-bond donors (Lipinski definition) is 2. The summed E-state index contributed by atoms with van der Waals surface area (Å²) in [6, 6.07) is 7.17. The van der Waals surface area contributed by atoms with Crippen molar-refractivity contribution in [2.75, 3.05) is 5.32 Å². The SMILES string of the molecule is O=C(Nc1ccc(=O)[nH]n1)c1ccc(Cl)c(Cl)c1. The zero-order valence-corrected chi connectivity index (χ0v) is 10.4. The average molecular weight is 284 g/mol. The largest absolute Gasteiger partial charge is 0.305 e. The molecule has 1 aromatic heterocycles. The van der Waals surface area contributed by atoms with Crippen molar-refractivity contribution in [3.8, 4) is 0 Å². The van der Waals surface area contributed by atoms with Crippen molar-refractivity contribution in [2.45, 2.75) is 0 Å². The van der Waals surface area contributed by atoms with E-state index in [1.54, 1.807) is 0 Å². The van der Waals surface area contributed by atoms with Gasteiger partial charge in [0.1, 0.15) is 0 Å². The number of benzene rings is 1. The molecule has 0 saturated carbocycles. The molecule has 1 heterocycles. The Morgan fingerprint density at radius 3 is 2.56 bits per heavy atom. The van der Waals surface area contributed by atoms with E-state index < -0.39 is 5.91 Å². The number of aromatic nitrogens is 2. The molecule has 0 bridgehead atoms. The van der Waals surface area contributed by atoms with E-state index in [4.69, 9.17) is 23.2 Å². The second-order valence-corrected chi connectivity index (χ2v) is 4.20. The van der Waals surface area contributed by atoms with E-state index >= 15 is 0 Å². The quantitative estimate of drug-likeness (QED) is 0.888. The van der Waals surface area contributed by atoms with Gasteiger partial charge in [0.25, 0.3) is 11.5 Å². The molecule has 2 N–H and O–H groups in total. The fourth-order valence-corrected chi connectivity index (χ4v) is 1.54. The van der Waals surface area contributed by atoms with Gasteiger partial charge in [0, 0.05) is 11.6 Å². The van der Waals surface area contributed by atoms with Gasteiger partial charge in [-0.25, -0.2) is 5.10 Å². The summed E-state index contributed by atoms with van der Waals surface area (Å²) in [5, 5.41) is 9.04. The van der Waals surface area contributed by atoms with Gasteiger partial charge >= 0.3 is 0 Å². The predicted molar refractivity (Wildman–Crippen MR) is 69.3 cm³/mol. The maximum absolute atomic E-state index is 11.8. The van der Waals surface area contributed by atoms with E-state index in [0.717, 1.165) is 0 Å². The summed E-state index contributed by atoms with van der Waals surface area (Å²) in [6.07, 6.45) is 0. The molecule has 1 amide bonds. The van der Waals surface area contributed by atoms with Crippen LogP contribution in [-0.4, -0.2) is 16.1 Å². The number of nitrogens with zero attached hydrogens (tertiary/aromatic N) is 1. The summed E-state index contributed by atoms with van der Waals surface area (Å²) in [7, 11) is 0. The minimum Gasteiger partial charge on any atom is -0.305 e. The summed E-state index contributed by atoms with van der Waals surface area (Å²) in [5.74, 6) is -0.154. The van der Waals surface area contributed by atoms with Crippen molar-refractivity contribution in [3.63, 3.8) is 0 Å². The highest BCUT2D eigenvalue weighted by Crippen LogP contribution is 2.22. The first kappa shape index (κ1) is 12.6. The molecule has 5 nitrogen and oxygen atoms in total. The van der Waals surface area contributed by atoms with E-state index in [1.807, 2.05) is 0 Å².